The first-order valence-corrected chi connectivity index (χ1v) is 16.3. The third kappa shape index (κ3) is 4.31. The van der Waals surface area contributed by atoms with Crippen LogP contribution in [0.5, 0.6) is 0 Å². The summed E-state index contributed by atoms with van der Waals surface area (Å²) in [6.45, 7) is 7.57. The average molecular weight is 636 g/mol. The first-order chi connectivity index (χ1) is 24.7. The minimum atomic E-state index is 0.541. The van der Waals surface area contributed by atoms with Crippen molar-refractivity contribution in [3.05, 3.63) is 174 Å². The molecule has 0 spiro atoms. The van der Waals surface area contributed by atoms with Gasteiger partial charge in [0.1, 0.15) is 6.07 Å². The lowest BCUT2D eigenvalue weighted by atomic mass is 9.93. The molecular weight excluding hydrogens is 611 g/mol. The first-order valence-electron chi connectivity index (χ1n) is 16.3. The minimum Gasteiger partial charge on any atom is -0.309 e. The Morgan fingerprint density at radius 3 is 1.64 bits per heavy atom. The number of para-hydroxylation sites is 4. The summed E-state index contributed by atoms with van der Waals surface area (Å²) < 4.78 is 4.39. The Labute approximate surface area is 288 Å². The first kappa shape index (κ1) is 28.8. The van der Waals surface area contributed by atoms with Gasteiger partial charge in [-0.3, -0.25) is 0 Å². The lowest BCUT2D eigenvalue weighted by molar-refractivity contribution is 1.17. The van der Waals surface area contributed by atoms with Crippen LogP contribution in [0.1, 0.15) is 11.1 Å². The summed E-state index contributed by atoms with van der Waals surface area (Å²) in [4.78, 5) is 3.68. The molecule has 5 nitrogen and oxygen atoms in total. The standard InChI is InChI=1S/C45H25N5/c1-48-33-21-23-44-39(26-33)38-13-5-9-17-43(38)49(44)40-14-6-2-10-35(40)29-20-22-34(32(24-29)28-47)30-18-19-31(27-46)45(25-30)50-41-15-7-3-11-36(41)37-12-4-8-16-42(37)50/h2-26H. The van der Waals surface area contributed by atoms with Crippen LogP contribution in [0.4, 0.5) is 5.69 Å². The summed E-state index contributed by atoms with van der Waals surface area (Å²) in [7, 11) is 0. The van der Waals surface area contributed by atoms with Crippen molar-refractivity contribution in [2.75, 3.05) is 0 Å². The van der Waals surface area contributed by atoms with Crippen LogP contribution in [0.2, 0.25) is 0 Å². The van der Waals surface area contributed by atoms with Crippen molar-refractivity contribution >= 4 is 49.3 Å². The van der Waals surface area contributed by atoms with Gasteiger partial charge in [-0.2, -0.15) is 10.5 Å². The quantitative estimate of drug-likeness (QED) is 0.181. The molecule has 7 aromatic carbocycles. The summed E-state index contributed by atoms with van der Waals surface area (Å²) in [5.74, 6) is 0. The molecule has 2 heterocycles. The molecule has 9 rings (SSSR count). The second kappa shape index (κ2) is 11.4. The predicted octanol–water partition coefficient (Wildman–Crippen LogP) is 11.5. The van der Waals surface area contributed by atoms with Gasteiger partial charge in [0.05, 0.1) is 57.2 Å². The van der Waals surface area contributed by atoms with Crippen molar-refractivity contribution in [1.82, 2.24) is 9.13 Å². The van der Waals surface area contributed by atoms with E-state index in [1.807, 2.05) is 97.1 Å². The van der Waals surface area contributed by atoms with Gasteiger partial charge in [0.25, 0.3) is 0 Å². The molecule has 230 valence electrons. The van der Waals surface area contributed by atoms with Crippen LogP contribution < -0.4 is 0 Å². The van der Waals surface area contributed by atoms with E-state index < -0.39 is 0 Å². The number of rotatable bonds is 4. The van der Waals surface area contributed by atoms with Crippen molar-refractivity contribution < 1.29 is 0 Å². The molecular formula is C45H25N5. The Morgan fingerprint density at radius 1 is 0.440 bits per heavy atom. The molecule has 0 radical (unpaired) electrons. The highest BCUT2D eigenvalue weighted by Gasteiger charge is 2.19. The van der Waals surface area contributed by atoms with Crippen LogP contribution in [-0.2, 0) is 0 Å². The third-order valence-electron chi connectivity index (χ3n) is 9.63. The second-order valence-corrected chi connectivity index (χ2v) is 12.3. The van der Waals surface area contributed by atoms with Crippen molar-refractivity contribution in [2.45, 2.75) is 0 Å². The number of fused-ring (bicyclic) bond motifs is 6. The molecule has 0 N–H and O–H groups in total. The monoisotopic (exact) mass is 635 g/mol. The van der Waals surface area contributed by atoms with Crippen LogP contribution in [-0.4, -0.2) is 9.13 Å². The molecule has 0 aliphatic carbocycles. The normalized spacial score (nSPS) is 11.1. The third-order valence-corrected chi connectivity index (χ3v) is 9.63. The molecule has 0 fully saturated rings. The molecule has 50 heavy (non-hydrogen) atoms. The zero-order valence-electron chi connectivity index (χ0n) is 26.7. The maximum absolute atomic E-state index is 10.5. The zero-order valence-corrected chi connectivity index (χ0v) is 26.7. The SMILES string of the molecule is [C-]#[N+]c1ccc2c(c1)c1ccccc1n2-c1ccccc1-c1ccc(-c2ccc(C#N)c(-n3c4ccccc4c4ccccc43)c2)c(C#N)c1. The lowest BCUT2D eigenvalue weighted by Gasteiger charge is -2.16. The van der Waals surface area contributed by atoms with Gasteiger partial charge in [-0.25, -0.2) is 4.85 Å². The van der Waals surface area contributed by atoms with Gasteiger partial charge in [0, 0.05) is 21.7 Å². The Balaban J connectivity index is 1.21. The summed E-state index contributed by atoms with van der Waals surface area (Å²) in [5, 5.41) is 25.1. The fourth-order valence-corrected chi connectivity index (χ4v) is 7.42. The van der Waals surface area contributed by atoms with Gasteiger partial charge >= 0.3 is 0 Å². The van der Waals surface area contributed by atoms with E-state index in [1.54, 1.807) is 0 Å². The highest BCUT2D eigenvalue weighted by molar-refractivity contribution is 6.11. The molecule has 0 unspecified atom stereocenters. The molecule has 0 saturated carbocycles. The Kier molecular flexibility index (Phi) is 6.56. The van der Waals surface area contributed by atoms with Gasteiger partial charge in [-0.1, -0.05) is 97.1 Å². The topological polar surface area (TPSA) is 61.8 Å². The highest BCUT2D eigenvalue weighted by Crippen LogP contribution is 2.40. The van der Waals surface area contributed by atoms with E-state index >= 15 is 0 Å². The van der Waals surface area contributed by atoms with E-state index in [0.717, 1.165) is 77.2 Å². The Hall–Kier alpha value is -7.39. The summed E-state index contributed by atoms with van der Waals surface area (Å²) >= 11 is 0. The summed E-state index contributed by atoms with van der Waals surface area (Å²) in [6.07, 6.45) is 0. The molecule has 0 bridgehead atoms. The fourth-order valence-electron chi connectivity index (χ4n) is 7.42. The highest BCUT2D eigenvalue weighted by atomic mass is 15.0. The van der Waals surface area contributed by atoms with Gasteiger partial charge in [-0.05, 0) is 76.7 Å². The maximum Gasteiger partial charge on any atom is 0.188 e. The van der Waals surface area contributed by atoms with E-state index in [9.17, 15) is 10.5 Å². The lowest BCUT2D eigenvalue weighted by Crippen LogP contribution is -1.99. The van der Waals surface area contributed by atoms with Gasteiger partial charge in [0.15, 0.2) is 5.69 Å². The van der Waals surface area contributed by atoms with Crippen LogP contribution in [0.15, 0.2) is 152 Å². The number of benzene rings is 7. The molecule has 0 atom stereocenters. The van der Waals surface area contributed by atoms with Gasteiger partial charge in [0.2, 0.25) is 0 Å². The van der Waals surface area contributed by atoms with E-state index in [4.69, 9.17) is 6.57 Å². The average Bonchev–Trinajstić information content (AvgIpc) is 3.70. The number of nitriles is 2. The maximum atomic E-state index is 10.5. The van der Waals surface area contributed by atoms with Crippen molar-refractivity contribution in [3.63, 3.8) is 0 Å². The molecule has 5 heteroatoms. The number of aromatic nitrogens is 2. The molecule has 2 aromatic heterocycles. The van der Waals surface area contributed by atoms with Crippen molar-refractivity contribution in [2.24, 2.45) is 0 Å². The number of nitrogens with zero attached hydrogens (tertiary/aromatic N) is 5. The molecule has 0 aliphatic rings. The van der Waals surface area contributed by atoms with E-state index in [0.29, 0.717) is 16.8 Å². The molecule has 0 amide bonds. The van der Waals surface area contributed by atoms with E-state index in [-0.39, 0.29) is 0 Å². The summed E-state index contributed by atoms with van der Waals surface area (Å²) in [5.41, 5.74) is 11.1. The van der Waals surface area contributed by atoms with E-state index in [2.05, 4.69) is 80.7 Å². The Morgan fingerprint density at radius 2 is 0.980 bits per heavy atom. The summed E-state index contributed by atoms with van der Waals surface area (Å²) in [6, 6.07) is 55.5. The number of hydrogen-bond donors (Lipinski definition) is 0. The van der Waals surface area contributed by atoms with E-state index in [1.165, 1.54) is 0 Å². The van der Waals surface area contributed by atoms with Crippen LogP contribution in [0.3, 0.4) is 0 Å². The van der Waals surface area contributed by atoms with Crippen molar-refractivity contribution in [1.29, 1.82) is 10.5 Å². The smallest absolute Gasteiger partial charge is 0.188 e. The van der Waals surface area contributed by atoms with Crippen LogP contribution in [0, 0.1) is 29.2 Å². The minimum absolute atomic E-state index is 0.541. The van der Waals surface area contributed by atoms with Crippen molar-refractivity contribution in [3.8, 4) is 45.8 Å². The molecule has 0 aliphatic heterocycles. The molecule has 0 saturated heterocycles. The molecule has 9 aromatic rings. The fraction of sp³-hybridized carbons (Fsp3) is 0. The van der Waals surface area contributed by atoms with Gasteiger partial charge < -0.3 is 9.13 Å². The Bertz CT molecular complexity index is 2920. The van der Waals surface area contributed by atoms with Crippen LogP contribution >= 0.6 is 0 Å². The predicted molar refractivity (Wildman–Crippen MR) is 202 cm³/mol. The zero-order chi connectivity index (χ0) is 33.8. The second-order valence-electron chi connectivity index (χ2n) is 12.3. The largest absolute Gasteiger partial charge is 0.309 e. The van der Waals surface area contributed by atoms with Gasteiger partial charge in [-0.15, -0.1) is 0 Å². The number of hydrogen-bond acceptors (Lipinski definition) is 2. The van der Waals surface area contributed by atoms with Crippen LogP contribution in [0.25, 0.3) is 82.1 Å².